The van der Waals surface area contributed by atoms with E-state index in [0.717, 1.165) is 5.69 Å². The smallest absolute Gasteiger partial charge is 0.240 e. The molecule has 0 aromatic heterocycles. The first-order valence-corrected chi connectivity index (χ1v) is 10.5. The zero-order chi connectivity index (χ0) is 21.0. The molecule has 0 aliphatic carbocycles. The molecule has 1 saturated heterocycles. The maximum absolute atomic E-state index is 12.6. The molecule has 1 atom stereocenters. The summed E-state index contributed by atoms with van der Waals surface area (Å²) in [6.45, 7) is 0.606. The molecule has 3 rings (SSSR count). The second-order valence-corrected chi connectivity index (χ2v) is 8.41. The first-order chi connectivity index (χ1) is 13.9. The van der Waals surface area contributed by atoms with Crippen molar-refractivity contribution >= 4 is 21.6 Å². The highest BCUT2D eigenvalue weighted by molar-refractivity contribution is 7.89. The summed E-state index contributed by atoms with van der Waals surface area (Å²) in [5.41, 5.74) is 0.765. The number of rotatable bonds is 8. The second-order valence-electron chi connectivity index (χ2n) is 6.64. The Morgan fingerprint density at radius 3 is 2.31 bits per heavy atom. The fraction of sp³-hybridized carbons (Fsp3) is 0.350. The van der Waals surface area contributed by atoms with Crippen LogP contribution in [0.1, 0.15) is 6.42 Å². The Morgan fingerprint density at radius 2 is 1.69 bits per heavy atom. The lowest BCUT2D eigenvalue weighted by Crippen LogP contribution is -2.31. The van der Waals surface area contributed by atoms with Crippen LogP contribution >= 0.6 is 0 Å². The zero-order valence-corrected chi connectivity index (χ0v) is 17.4. The molecule has 0 spiro atoms. The van der Waals surface area contributed by atoms with Gasteiger partial charge >= 0.3 is 0 Å². The molecular weight excluding hydrogens is 396 g/mol. The predicted molar refractivity (Wildman–Crippen MR) is 108 cm³/mol. The van der Waals surface area contributed by atoms with E-state index in [1.54, 1.807) is 24.1 Å². The van der Waals surface area contributed by atoms with Crippen molar-refractivity contribution < 1.29 is 27.4 Å². The molecule has 1 fully saturated rings. The monoisotopic (exact) mass is 420 g/mol. The van der Waals surface area contributed by atoms with Gasteiger partial charge in [0.25, 0.3) is 0 Å². The minimum atomic E-state index is -3.75. The quantitative estimate of drug-likeness (QED) is 0.702. The molecule has 29 heavy (non-hydrogen) atoms. The maximum Gasteiger partial charge on any atom is 0.240 e. The first-order valence-electron chi connectivity index (χ1n) is 9.04. The molecule has 2 aromatic rings. The molecule has 9 heteroatoms. The SMILES string of the molecule is COc1ccc(N2C[C@@H](CNS(=O)(=O)c3ccc(OC)c(OC)c3)CC2=O)cc1. The molecule has 156 valence electrons. The molecule has 8 nitrogen and oxygen atoms in total. The van der Waals surface area contributed by atoms with Crippen molar-refractivity contribution in [2.45, 2.75) is 11.3 Å². The van der Waals surface area contributed by atoms with E-state index in [1.807, 2.05) is 12.1 Å². The number of carbonyl (C=O) groups excluding carboxylic acids is 1. The van der Waals surface area contributed by atoms with Crippen LogP contribution < -0.4 is 23.8 Å². The Labute approximate surface area is 170 Å². The summed E-state index contributed by atoms with van der Waals surface area (Å²) in [5.74, 6) is 1.32. The molecule has 1 amide bonds. The number of benzene rings is 2. The summed E-state index contributed by atoms with van der Waals surface area (Å²) >= 11 is 0. The number of sulfonamides is 1. The lowest BCUT2D eigenvalue weighted by atomic mass is 10.1. The molecule has 0 radical (unpaired) electrons. The Hall–Kier alpha value is -2.78. The first kappa shape index (κ1) is 20.9. The van der Waals surface area contributed by atoms with Crippen LogP contribution in [0.5, 0.6) is 17.2 Å². The Balaban J connectivity index is 1.65. The maximum atomic E-state index is 12.6. The van der Waals surface area contributed by atoms with Crippen molar-refractivity contribution in [3.63, 3.8) is 0 Å². The summed E-state index contributed by atoms with van der Waals surface area (Å²) < 4.78 is 43.3. The second kappa shape index (κ2) is 8.71. The molecule has 1 N–H and O–H groups in total. The van der Waals surface area contributed by atoms with Crippen molar-refractivity contribution in [1.82, 2.24) is 4.72 Å². The number of anilines is 1. The van der Waals surface area contributed by atoms with E-state index in [0.29, 0.717) is 23.8 Å². The number of nitrogens with zero attached hydrogens (tertiary/aromatic N) is 1. The Bertz CT molecular complexity index is 975. The molecule has 0 bridgehead atoms. The number of carbonyl (C=O) groups is 1. The fourth-order valence-corrected chi connectivity index (χ4v) is 4.36. The number of ether oxygens (including phenoxy) is 3. The Morgan fingerprint density at radius 1 is 1.00 bits per heavy atom. The largest absolute Gasteiger partial charge is 0.497 e. The fourth-order valence-electron chi connectivity index (χ4n) is 3.22. The van der Waals surface area contributed by atoms with Gasteiger partial charge in [0.2, 0.25) is 15.9 Å². The van der Waals surface area contributed by atoms with Gasteiger partial charge in [0.05, 0.1) is 26.2 Å². The third-order valence-corrected chi connectivity index (χ3v) is 6.24. The number of nitrogens with one attached hydrogen (secondary N) is 1. The van der Waals surface area contributed by atoms with Gasteiger partial charge in [-0.15, -0.1) is 0 Å². The molecule has 2 aromatic carbocycles. The van der Waals surface area contributed by atoms with Crippen LogP contribution in [0.4, 0.5) is 5.69 Å². The predicted octanol–water partition coefficient (Wildman–Crippen LogP) is 2.04. The van der Waals surface area contributed by atoms with Crippen LogP contribution in [0.3, 0.4) is 0 Å². The summed E-state index contributed by atoms with van der Waals surface area (Å²) in [6.07, 6.45) is 0.278. The number of methoxy groups -OCH3 is 3. The highest BCUT2D eigenvalue weighted by Gasteiger charge is 2.31. The third kappa shape index (κ3) is 4.63. The van der Waals surface area contributed by atoms with E-state index in [1.165, 1.54) is 32.4 Å². The Kier molecular flexibility index (Phi) is 6.29. The van der Waals surface area contributed by atoms with E-state index in [4.69, 9.17) is 14.2 Å². The number of amides is 1. The summed E-state index contributed by atoms with van der Waals surface area (Å²) in [7, 11) is 0.760. The number of hydrogen-bond acceptors (Lipinski definition) is 6. The van der Waals surface area contributed by atoms with Gasteiger partial charge in [0.1, 0.15) is 5.75 Å². The van der Waals surface area contributed by atoms with Crippen LogP contribution in [0.2, 0.25) is 0 Å². The molecule has 0 saturated carbocycles. The van der Waals surface area contributed by atoms with E-state index in [-0.39, 0.29) is 29.7 Å². The molecular formula is C20H24N2O6S. The van der Waals surface area contributed by atoms with Crippen LogP contribution in [0.25, 0.3) is 0 Å². The van der Waals surface area contributed by atoms with Crippen molar-refractivity contribution in [3.8, 4) is 17.2 Å². The van der Waals surface area contributed by atoms with Gasteiger partial charge in [-0.25, -0.2) is 13.1 Å². The molecule has 1 aliphatic rings. The minimum Gasteiger partial charge on any atom is -0.497 e. The van der Waals surface area contributed by atoms with E-state index in [2.05, 4.69) is 4.72 Å². The van der Waals surface area contributed by atoms with Gasteiger partial charge in [-0.2, -0.15) is 0 Å². The van der Waals surface area contributed by atoms with Crippen molar-refractivity contribution in [1.29, 1.82) is 0 Å². The van der Waals surface area contributed by atoms with E-state index in [9.17, 15) is 13.2 Å². The third-order valence-electron chi connectivity index (χ3n) is 4.82. The van der Waals surface area contributed by atoms with Crippen LogP contribution in [-0.4, -0.2) is 48.7 Å². The summed E-state index contributed by atoms with van der Waals surface area (Å²) in [4.78, 5) is 14.1. The highest BCUT2D eigenvalue weighted by Crippen LogP contribution is 2.30. The van der Waals surface area contributed by atoms with Crippen molar-refractivity contribution in [3.05, 3.63) is 42.5 Å². The van der Waals surface area contributed by atoms with Gasteiger partial charge in [0.15, 0.2) is 11.5 Å². The minimum absolute atomic E-state index is 0.0366. The highest BCUT2D eigenvalue weighted by atomic mass is 32.2. The van der Waals surface area contributed by atoms with Gasteiger partial charge < -0.3 is 19.1 Å². The van der Waals surface area contributed by atoms with Crippen molar-refractivity contribution in [2.24, 2.45) is 5.92 Å². The normalized spacial score (nSPS) is 16.7. The lowest BCUT2D eigenvalue weighted by molar-refractivity contribution is -0.117. The van der Waals surface area contributed by atoms with E-state index >= 15 is 0 Å². The van der Waals surface area contributed by atoms with Gasteiger partial charge in [-0.3, -0.25) is 4.79 Å². The van der Waals surface area contributed by atoms with Crippen LogP contribution in [0.15, 0.2) is 47.4 Å². The summed E-state index contributed by atoms with van der Waals surface area (Å²) in [5, 5.41) is 0. The molecule has 1 heterocycles. The van der Waals surface area contributed by atoms with Crippen LogP contribution in [-0.2, 0) is 14.8 Å². The standard InChI is InChI=1S/C20H24N2O6S/c1-26-16-6-4-15(5-7-16)22-13-14(10-20(22)23)12-21-29(24,25)17-8-9-18(27-2)19(11-17)28-3/h4-9,11,14,21H,10,12-13H2,1-3H3/t14-/m1/s1. The molecule has 0 unspecified atom stereocenters. The number of hydrogen-bond donors (Lipinski definition) is 1. The zero-order valence-electron chi connectivity index (χ0n) is 16.5. The van der Waals surface area contributed by atoms with Crippen molar-refractivity contribution in [2.75, 3.05) is 39.3 Å². The van der Waals surface area contributed by atoms with Gasteiger partial charge in [-0.05, 0) is 42.3 Å². The van der Waals surface area contributed by atoms with E-state index < -0.39 is 10.0 Å². The van der Waals surface area contributed by atoms with Gasteiger partial charge in [-0.1, -0.05) is 0 Å². The lowest BCUT2D eigenvalue weighted by Gasteiger charge is -2.17. The summed E-state index contributed by atoms with van der Waals surface area (Å²) in [6, 6.07) is 11.6. The average molecular weight is 420 g/mol. The average Bonchev–Trinajstić information content (AvgIpc) is 3.12. The van der Waals surface area contributed by atoms with Gasteiger partial charge in [0, 0.05) is 31.3 Å². The van der Waals surface area contributed by atoms with Crippen LogP contribution in [0, 0.1) is 5.92 Å². The topological polar surface area (TPSA) is 94.2 Å². The molecule has 1 aliphatic heterocycles.